The summed E-state index contributed by atoms with van der Waals surface area (Å²) in [5.41, 5.74) is 1.94. The average molecular weight is 267 g/mol. The molecular formula is C13H21N3O3. The minimum Gasteiger partial charge on any atom is -0.481 e. The average Bonchev–Trinajstić information content (AvgIpc) is 2.65. The molecule has 6 heteroatoms. The molecule has 1 rings (SSSR count). The number of carboxylic acids is 1. The van der Waals surface area contributed by atoms with E-state index < -0.39 is 11.9 Å². The number of hydrogen-bond donors (Lipinski definition) is 2. The lowest BCUT2D eigenvalue weighted by Crippen LogP contribution is -2.33. The Labute approximate surface area is 112 Å². The number of carboxylic acid groups (broad SMARTS) is 1. The van der Waals surface area contributed by atoms with E-state index in [0.717, 1.165) is 11.4 Å². The van der Waals surface area contributed by atoms with Gasteiger partial charge in [-0.15, -0.1) is 0 Å². The van der Waals surface area contributed by atoms with Crippen LogP contribution in [0.1, 0.15) is 31.2 Å². The Hall–Kier alpha value is -1.85. The molecular weight excluding hydrogens is 246 g/mol. The lowest BCUT2D eigenvalue weighted by molar-refractivity contribution is -0.141. The van der Waals surface area contributed by atoms with Crippen LogP contribution in [0.3, 0.4) is 0 Å². The van der Waals surface area contributed by atoms with E-state index in [1.165, 1.54) is 0 Å². The fourth-order valence-electron chi connectivity index (χ4n) is 1.84. The van der Waals surface area contributed by atoms with E-state index in [0.29, 0.717) is 19.4 Å². The Morgan fingerprint density at radius 1 is 1.47 bits per heavy atom. The smallest absolute Gasteiger partial charge is 0.308 e. The van der Waals surface area contributed by atoms with Crippen LogP contribution < -0.4 is 5.32 Å². The lowest BCUT2D eigenvalue weighted by Gasteiger charge is -2.11. The monoisotopic (exact) mass is 267 g/mol. The molecule has 2 N–H and O–H groups in total. The highest BCUT2D eigenvalue weighted by molar-refractivity contribution is 5.77. The van der Waals surface area contributed by atoms with Gasteiger partial charge in [0.1, 0.15) is 0 Å². The fourth-order valence-corrected chi connectivity index (χ4v) is 1.84. The molecule has 6 nitrogen and oxygen atoms in total. The Morgan fingerprint density at radius 2 is 2.16 bits per heavy atom. The summed E-state index contributed by atoms with van der Waals surface area (Å²) in [6.45, 7) is 6.33. The van der Waals surface area contributed by atoms with Crippen LogP contribution in [0.4, 0.5) is 0 Å². The second-order valence-corrected chi connectivity index (χ2v) is 4.65. The SMILES string of the molecule is CCC(CNC(=O)CCn1nc(C)cc1C)C(=O)O. The zero-order valence-corrected chi connectivity index (χ0v) is 11.6. The quantitative estimate of drug-likeness (QED) is 0.775. The van der Waals surface area contributed by atoms with Gasteiger partial charge >= 0.3 is 5.97 Å². The van der Waals surface area contributed by atoms with Gasteiger partial charge in [-0.25, -0.2) is 0 Å². The van der Waals surface area contributed by atoms with E-state index in [4.69, 9.17) is 5.11 Å². The number of aliphatic carboxylic acids is 1. The summed E-state index contributed by atoms with van der Waals surface area (Å²) in [4.78, 5) is 22.4. The van der Waals surface area contributed by atoms with Crippen LogP contribution in [-0.2, 0) is 16.1 Å². The Bertz CT molecular complexity index is 454. The van der Waals surface area contributed by atoms with Gasteiger partial charge in [-0.3, -0.25) is 14.3 Å². The van der Waals surface area contributed by atoms with Crippen molar-refractivity contribution >= 4 is 11.9 Å². The van der Waals surface area contributed by atoms with Crippen LogP contribution >= 0.6 is 0 Å². The zero-order valence-electron chi connectivity index (χ0n) is 11.6. The number of carbonyl (C=O) groups is 2. The molecule has 0 saturated carbocycles. The molecule has 1 aromatic heterocycles. The molecule has 0 radical (unpaired) electrons. The van der Waals surface area contributed by atoms with Crippen molar-refractivity contribution in [2.75, 3.05) is 6.54 Å². The highest BCUT2D eigenvalue weighted by atomic mass is 16.4. The lowest BCUT2D eigenvalue weighted by atomic mass is 10.1. The van der Waals surface area contributed by atoms with Crippen molar-refractivity contribution in [2.24, 2.45) is 5.92 Å². The number of aromatic nitrogens is 2. The molecule has 0 aromatic carbocycles. The molecule has 0 aliphatic heterocycles. The molecule has 0 saturated heterocycles. The molecule has 0 bridgehead atoms. The summed E-state index contributed by atoms with van der Waals surface area (Å²) in [6.07, 6.45) is 0.811. The number of aryl methyl sites for hydroxylation is 3. The van der Waals surface area contributed by atoms with Crippen LogP contribution in [0, 0.1) is 19.8 Å². The van der Waals surface area contributed by atoms with Crippen molar-refractivity contribution < 1.29 is 14.7 Å². The second kappa shape index (κ2) is 6.92. The van der Waals surface area contributed by atoms with Crippen LogP contribution in [-0.4, -0.2) is 33.3 Å². The highest BCUT2D eigenvalue weighted by Gasteiger charge is 2.15. The van der Waals surface area contributed by atoms with Crippen LogP contribution in [0.15, 0.2) is 6.07 Å². The molecule has 1 unspecified atom stereocenters. The van der Waals surface area contributed by atoms with E-state index in [9.17, 15) is 9.59 Å². The Kier molecular flexibility index (Phi) is 5.54. The fraction of sp³-hybridized carbons (Fsp3) is 0.615. The van der Waals surface area contributed by atoms with Gasteiger partial charge in [0, 0.05) is 25.2 Å². The summed E-state index contributed by atoms with van der Waals surface area (Å²) < 4.78 is 1.78. The van der Waals surface area contributed by atoms with Crippen molar-refractivity contribution in [1.29, 1.82) is 0 Å². The molecule has 0 spiro atoms. The number of amides is 1. The molecule has 1 atom stereocenters. The van der Waals surface area contributed by atoms with Gasteiger partial charge in [-0.05, 0) is 26.3 Å². The highest BCUT2D eigenvalue weighted by Crippen LogP contribution is 2.03. The molecule has 106 valence electrons. The topological polar surface area (TPSA) is 84.2 Å². The van der Waals surface area contributed by atoms with Gasteiger partial charge in [-0.1, -0.05) is 6.92 Å². The molecule has 0 aliphatic rings. The Morgan fingerprint density at radius 3 is 2.63 bits per heavy atom. The number of carbonyl (C=O) groups excluding carboxylic acids is 1. The predicted octanol–water partition coefficient (Wildman–Crippen LogP) is 1.12. The first-order chi connectivity index (χ1) is 8.93. The first-order valence-electron chi connectivity index (χ1n) is 6.44. The molecule has 1 heterocycles. The number of nitrogens with zero attached hydrogens (tertiary/aromatic N) is 2. The maximum absolute atomic E-state index is 11.6. The zero-order chi connectivity index (χ0) is 14.4. The number of nitrogens with one attached hydrogen (secondary N) is 1. The van der Waals surface area contributed by atoms with E-state index >= 15 is 0 Å². The molecule has 0 fully saturated rings. The molecule has 1 amide bonds. The summed E-state index contributed by atoms with van der Waals surface area (Å²) in [7, 11) is 0. The van der Waals surface area contributed by atoms with Gasteiger partial charge in [0.15, 0.2) is 0 Å². The number of hydrogen-bond acceptors (Lipinski definition) is 3. The third-order valence-corrected chi connectivity index (χ3v) is 3.04. The Balaban J connectivity index is 2.36. The summed E-state index contributed by atoms with van der Waals surface area (Å²) >= 11 is 0. The van der Waals surface area contributed by atoms with Gasteiger partial charge in [0.25, 0.3) is 0 Å². The largest absolute Gasteiger partial charge is 0.481 e. The number of rotatable bonds is 7. The third-order valence-electron chi connectivity index (χ3n) is 3.04. The minimum atomic E-state index is -0.874. The third kappa shape index (κ3) is 4.73. The van der Waals surface area contributed by atoms with Crippen LogP contribution in [0.2, 0.25) is 0 Å². The summed E-state index contributed by atoms with van der Waals surface area (Å²) in [5, 5.41) is 15.8. The van der Waals surface area contributed by atoms with Gasteiger partial charge in [0.05, 0.1) is 11.6 Å². The van der Waals surface area contributed by atoms with Gasteiger partial charge < -0.3 is 10.4 Å². The summed E-state index contributed by atoms with van der Waals surface area (Å²) in [5.74, 6) is -1.54. The van der Waals surface area contributed by atoms with Crippen molar-refractivity contribution in [2.45, 2.75) is 40.2 Å². The van der Waals surface area contributed by atoms with E-state index in [-0.39, 0.29) is 12.5 Å². The van der Waals surface area contributed by atoms with Crippen LogP contribution in [0.5, 0.6) is 0 Å². The van der Waals surface area contributed by atoms with Gasteiger partial charge in [-0.2, -0.15) is 5.10 Å². The van der Waals surface area contributed by atoms with Crippen molar-refractivity contribution in [3.63, 3.8) is 0 Å². The molecule has 0 aliphatic carbocycles. The van der Waals surface area contributed by atoms with E-state index in [1.807, 2.05) is 19.9 Å². The minimum absolute atomic E-state index is 0.146. The predicted molar refractivity (Wildman–Crippen MR) is 70.7 cm³/mol. The first-order valence-corrected chi connectivity index (χ1v) is 6.44. The summed E-state index contributed by atoms with van der Waals surface area (Å²) in [6, 6.07) is 1.95. The first kappa shape index (κ1) is 15.2. The van der Waals surface area contributed by atoms with Crippen molar-refractivity contribution in [1.82, 2.24) is 15.1 Å². The van der Waals surface area contributed by atoms with Crippen molar-refractivity contribution in [3.05, 3.63) is 17.5 Å². The standard InChI is InChI=1S/C13H21N3O3/c1-4-11(13(18)19)8-14-12(17)5-6-16-10(3)7-9(2)15-16/h7,11H,4-6,8H2,1-3H3,(H,14,17)(H,18,19). The maximum Gasteiger partial charge on any atom is 0.308 e. The van der Waals surface area contributed by atoms with Crippen LogP contribution in [0.25, 0.3) is 0 Å². The molecule has 1 aromatic rings. The maximum atomic E-state index is 11.6. The van der Waals surface area contributed by atoms with Crippen molar-refractivity contribution in [3.8, 4) is 0 Å². The van der Waals surface area contributed by atoms with Gasteiger partial charge in [0.2, 0.25) is 5.91 Å². The second-order valence-electron chi connectivity index (χ2n) is 4.65. The van der Waals surface area contributed by atoms with E-state index in [1.54, 1.807) is 11.6 Å². The van der Waals surface area contributed by atoms with E-state index in [2.05, 4.69) is 10.4 Å². The normalized spacial score (nSPS) is 12.2. The molecule has 19 heavy (non-hydrogen) atoms.